The number of likely N-dealkylation sites (tertiary alicyclic amines) is 1. The van der Waals surface area contributed by atoms with E-state index in [4.69, 9.17) is 9.72 Å². The number of aromatic nitrogens is 7. The summed E-state index contributed by atoms with van der Waals surface area (Å²) < 4.78 is 7.95. The van der Waals surface area contributed by atoms with Crippen LogP contribution in [0.1, 0.15) is 24.1 Å². The van der Waals surface area contributed by atoms with Crippen LogP contribution in [-0.4, -0.2) is 95.5 Å². The number of benzene rings is 1. The predicted octanol–water partition coefficient (Wildman–Crippen LogP) is 3.17. The number of aryl methyl sites for hydroxylation is 3. The topological polar surface area (TPSA) is 162 Å². The van der Waals surface area contributed by atoms with Gasteiger partial charge in [0.15, 0.2) is 5.82 Å². The Morgan fingerprint density at radius 1 is 1.13 bits per heavy atom. The van der Waals surface area contributed by atoms with Crippen LogP contribution in [0.3, 0.4) is 0 Å². The maximum atomic E-state index is 13.2. The Bertz CT molecular complexity index is 1870. The van der Waals surface area contributed by atoms with E-state index in [0.717, 1.165) is 65.2 Å². The van der Waals surface area contributed by atoms with Crippen LogP contribution in [0.25, 0.3) is 22.2 Å². The lowest BCUT2D eigenvalue weighted by molar-refractivity contribution is -0.117. The number of amides is 1. The summed E-state index contributed by atoms with van der Waals surface area (Å²) in [6, 6.07) is 9.60. The molecule has 0 saturated carbocycles. The van der Waals surface area contributed by atoms with Crippen molar-refractivity contribution in [2.75, 3.05) is 48.3 Å². The number of carbonyl (C=O) groups excluding carboxylic acids is 1. The number of hydrogen-bond donors (Lipinski definition) is 4. The van der Waals surface area contributed by atoms with E-state index in [9.17, 15) is 9.90 Å². The maximum absolute atomic E-state index is 13.2. The summed E-state index contributed by atoms with van der Waals surface area (Å²) in [5, 5.41) is 21.5. The zero-order valence-corrected chi connectivity index (χ0v) is 26.1. The first-order chi connectivity index (χ1) is 22.3. The van der Waals surface area contributed by atoms with Gasteiger partial charge >= 0.3 is 0 Å². The van der Waals surface area contributed by atoms with E-state index < -0.39 is 0 Å². The van der Waals surface area contributed by atoms with Crippen molar-refractivity contribution in [3.8, 4) is 17.1 Å². The van der Waals surface area contributed by atoms with Crippen molar-refractivity contribution in [1.82, 2.24) is 39.6 Å². The summed E-state index contributed by atoms with van der Waals surface area (Å²) in [7, 11) is 1.89. The molecule has 7 rings (SSSR count). The molecule has 6 heterocycles. The van der Waals surface area contributed by atoms with Crippen molar-refractivity contribution >= 4 is 40.1 Å². The van der Waals surface area contributed by atoms with Gasteiger partial charge in [-0.15, -0.1) is 0 Å². The number of β-amino-alcohol motifs (C(OH)–C–C–N with tert-alkyl or cyclic N) is 1. The van der Waals surface area contributed by atoms with Gasteiger partial charge in [-0.3, -0.25) is 14.4 Å². The molecule has 4 N–H and O–H groups in total. The molecule has 2 unspecified atom stereocenters. The number of carbonyl (C=O) groups is 1. The Labute approximate surface area is 265 Å². The fourth-order valence-corrected chi connectivity index (χ4v) is 6.08. The average molecular weight is 624 g/mol. The SMILES string of the molecule is Cc1cnc(Nc2cc(C)n(C)n2)nc1-c1c[nH]c2c(NC(=O)CN3CCC(Oc4cc(N5CCC(O)C5)ncn4)C3)cccc12. The minimum absolute atomic E-state index is 0.0775. The summed E-state index contributed by atoms with van der Waals surface area (Å²) in [6.07, 6.45) is 6.31. The van der Waals surface area contributed by atoms with Gasteiger partial charge in [-0.2, -0.15) is 5.10 Å². The van der Waals surface area contributed by atoms with E-state index in [1.54, 1.807) is 10.9 Å². The molecule has 2 atom stereocenters. The number of para-hydroxylation sites is 1. The largest absolute Gasteiger partial charge is 0.473 e. The van der Waals surface area contributed by atoms with Crippen LogP contribution in [0.4, 0.5) is 23.3 Å². The van der Waals surface area contributed by atoms with Crippen molar-refractivity contribution in [2.24, 2.45) is 7.05 Å². The fourth-order valence-electron chi connectivity index (χ4n) is 6.08. The van der Waals surface area contributed by atoms with Gasteiger partial charge in [0.25, 0.3) is 0 Å². The van der Waals surface area contributed by atoms with Crippen LogP contribution in [0, 0.1) is 13.8 Å². The molecule has 14 heteroatoms. The van der Waals surface area contributed by atoms with Crippen molar-refractivity contribution in [3.05, 3.63) is 60.3 Å². The lowest BCUT2D eigenvalue weighted by Crippen LogP contribution is -2.33. The third-order valence-corrected chi connectivity index (χ3v) is 8.57. The third kappa shape index (κ3) is 6.21. The zero-order valence-electron chi connectivity index (χ0n) is 26.1. The first kappa shape index (κ1) is 29.6. The molecular weight excluding hydrogens is 586 g/mol. The number of aliphatic hydroxyl groups is 1. The van der Waals surface area contributed by atoms with E-state index in [-0.39, 0.29) is 24.7 Å². The summed E-state index contributed by atoms with van der Waals surface area (Å²) in [4.78, 5) is 38.5. The van der Waals surface area contributed by atoms with Crippen LogP contribution in [0.15, 0.2) is 49.1 Å². The number of hydrogen-bond acceptors (Lipinski definition) is 11. The molecule has 2 aliphatic heterocycles. The second-order valence-electron chi connectivity index (χ2n) is 12.0. The zero-order chi connectivity index (χ0) is 31.8. The molecule has 14 nitrogen and oxygen atoms in total. The molecule has 1 aromatic carbocycles. The molecule has 2 aliphatic rings. The van der Waals surface area contributed by atoms with E-state index in [2.05, 4.69) is 40.6 Å². The van der Waals surface area contributed by atoms with Crippen molar-refractivity contribution in [3.63, 3.8) is 0 Å². The third-order valence-electron chi connectivity index (χ3n) is 8.57. The van der Waals surface area contributed by atoms with Gasteiger partial charge < -0.3 is 30.4 Å². The Morgan fingerprint density at radius 3 is 2.83 bits per heavy atom. The summed E-state index contributed by atoms with van der Waals surface area (Å²) in [5.74, 6) is 2.29. The van der Waals surface area contributed by atoms with E-state index in [1.807, 2.05) is 62.3 Å². The van der Waals surface area contributed by atoms with Crippen LogP contribution in [0.2, 0.25) is 0 Å². The number of fused-ring (bicyclic) bond motifs is 1. The minimum Gasteiger partial charge on any atom is -0.473 e. The second-order valence-corrected chi connectivity index (χ2v) is 12.0. The second kappa shape index (κ2) is 12.4. The summed E-state index contributed by atoms with van der Waals surface area (Å²) >= 11 is 0. The smallest absolute Gasteiger partial charge is 0.238 e. The summed E-state index contributed by atoms with van der Waals surface area (Å²) in [5.41, 5.74) is 5.19. The van der Waals surface area contributed by atoms with Crippen LogP contribution in [-0.2, 0) is 11.8 Å². The minimum atomic E-state index is -0.333. The standard InChI is InChI=1S/C32H37N11O3/c1-19-13-34-32(38-26-11-20(2)41(3)40-26)39-30(19)24-14-33-31-23(24)5-4-6-25(31)37-28(45)17-42-9-8-22(16-42)46-29-12-27(35-18-36-29)43-10-7-21(44)15-43/h4-6,11-14,18,21-22,33,44H,7-10,15-17H2,1-3H3,(H,37,45)(H,34,38,39,40). The number of rotatable bonds is 9. The molecule has 46 heavy (non-hydrogen) atoms. The molecule has 0 aliphatic carbocycles. The molecule has 5 aromatic rings. The first-order valence-corrected chi connectivity index (χ1v) is 15.4. The summed E-state index contributed by atoms with van der Waals surface area (Å²) in [6.45, 7) is 6.89. The molecule has 0 spiro atoms. The van der Waals surface area contributed by atoms with Gasteiger partial charge in [0.2, 0.25) is 17.7 Å². The molecule has 0 bridgehead atoms. The highest BCUT2D eigenvalue weighted by atomic mass is 16.5. The van der Waals surface area contributed by atoms with Crippen molar-refractivity contribution in [1.29, 1.82) is 0 Å². The average Bonchev–Trinajstić information content (AvgIpc) is 3.83. The number of aromatic amines is 1. The van der Waals surface area contributed by atoms with E-state index in [0.29, 0.717) is 36.4 Å². The number of H-pyrrole nitrogens is 1. The Kier molecular flexibility index (Phi) is 7.96. The van der Waals surface area contributed by atoms with Gasteiger partial charge in [0.05, 0.1) is 29.5 Å². The highest BCUT2D eigenvalue weighted by Gasteiger charge is 2.27. The number of aliphatic hydroxyl groups excluding tert-OH is 1. The van der Waals surface area contributed by atoms with Crippen molar-refractivity contribution in [2.45, 2.75) is 38.9 Å². The van der Waals surface area contributed by atoms with Gasteiger partial charge in [0, 0.05) is 74.4 Å². The maximum Gasteiger partial charge on any atom is 0.238 e. The Hall–Kier alpha value is -5.08. The van der Waals surface area contributed by atoms with E-state index >= 15 is 0 Å². The van der Waals surface area contributed by atoms with Crippen LogP contribution < -0.4 is 20.3 Å². The van der Waals surface area contributed by atoms with Crippen molar-refractivity contribution < 1.29 is 14.6 Å². The normalized spacial score (nSPS) is 18.4. The first-order valence-electron chi connectivity index (χ1n) is 15.4. The quantitative estimate of drug-likeness (QED) is 0.191. The monoisotopic (exact) mass is 623 g/mol. The molecule has 0 radical (unpaired) electrons. The lowest BCUT2D eigenvalue weighted by Gasteiger charge is -2.19. The Morgan fingerprint density at radius 2 is 2.02 bits per heavy atom. The van der Waals surface area contributed by atoms with Crippen LogP contribution >= 0.6 is 0 Å². The fraction of sp³-hybridized carbons (Fsp3) is 0.375. The van der Waals surface area contributed by atoms with Gasteiger partial charge in [-0.1, -0.05) is 12.1 Å². The highest BCUT2D eigenvalue weighted by Crippen LogP contribution is 2.33. The molecular formula is C32H37N11O3. The molecule has 238 valence electrons. The number of ether oxygens (including phenoxy) is 1. The van der Waals surface area contributed by atoms with E-state index in [1.165, 1.54) is 6.33 Å². The molecule has 1 amide bonds. The predicted molar refractivity (Wildman–Crippen MR) is 174 cm³/mol. The Balaban J connectivity index is 0.992. The molecule has 2 fully saturated rings. The molecule has 2 saturated heterocycles. The number of anilines is 4. The van der Waals surface area contributed by atoms with Gasteiger partial charge in [-0.05, 0) is 38.3 Å². The number of nitrogens with zero attached hydrogens (tertiary/aromatic N) is 8. The molecule has 4 aromatic heterocycles. The lowest BCUT2D eigenvalue weighted by atomic mass is 10.1. The highest BCUT2D eigenvalue weighted by molar-refractivity contribution is 6.06. The van der Waals surface area contributed by atoms with Gasteiger partial charge in [0.1, 0.15) is 18.2 Å². The van der Waals surface area contributed by atoms with Gasteiger partial charge in [-0.25, -0.2) is 19.9 Å². The number of nitrogens with one attached hydrogen (secondary N) is 3. The van der Waals surface area contributed by atoms with Crippen LogP contribution in [0.5, 0.6) is 5.88 Å².